The first-order chi connectivity index (χ1) is 12.7. The van der Waals surface area contributed by atoms with Gasteiger partial charge in [-0.1, -0.05) is 60.7 Å². The van der Waals surface area contributed by atoms with Crippen LogP contribution in [-0.4, -0.2) is 41.2 Å². The Morgan fingerprint density at radius 3 is 2.23 bits per heavy atom. The Hall–Kier alpha value is -2.62. The number of carbonyl (C=O) groups excluding carboxylic acids is 2. The van der Waals surface area contributed by atoms with Crippen molar-refractivity contribution in [2.75, 3.05) is 19.6 Å². The second-order valence-corrected chi connectivity index (χ2v) is 6.81. The minimum atomic E-state index is 0.0278. The second kappa shape index (κ2) is 9.18. The van der Waals surface area contributed by atoms with Gasteiger partial charge in [-0.3, -0.25) is 9.59 Å². The average molecular weight is 350 g/mol. The van der Waals surface area contributed by atoms with Crippen molar-refractivity contribution >= 4 is 11.8 Å². The van der Waals surface area contributed by atoms with Crippen molar-refractivity contribution in [3.05, 3.63) is 71.8 Å². The molecule has 2 aromatic rings. The fourth-order valence-corrected chi connectivity index (χ4v) is 3.30. The number of hydrogen-bond acceptors (Lipinski definition) is 2. The standard InChI is InChI=1S/C22H26N2O2/c25-21-13-7-8-15-23(21)18-22(26)24(17-20-11-5-2-6-12-20)16-14-19-9-3-1-4-10-19/h1-6,9-12H,7-8,13-18H2. The van der Waals surface area contributed by atoms with Gasteiger partial charge in [0.15, 0.2) is 0 Å². The van der Waals surface area contributed by atoms with Crippen LogP contribution in [0.4, 0.5) is 0 Å². The van der Waals surface area contributed by atoms with Gasteiger partial charge in [-0.05, 0) is 30.4 Å². The van der Waals surface area contributed by atoms with Crippen LogP contribution in [-0.2, 0) is 22.6 Å². The minimum absolute atomic E-state index is 0.0278. The Morgan fingerprint density at radius 1 is 0.923 bits per heavy atom. The molecule has 1 heterocycles. The molecule has 0 N–H and O–H groups in total. The molecule has 0 radical (unpaired) electrons. The summed E-state index contributed by atoms with van der Waals surface area (Å²) in [4.78, 5) is 28.6. The molecule has 0 unspecified atom stereocenters. The molecule has 4 heteroatoms. The largest absolute Gasteiger partial charge is 0.337 e. The summed E-state index contributed by atoms with van der Waals surface area (Å²) in [6.07, 6.45) is 3.30. The van der Waals surface area contributed by atoms with E-state index < -0.39 is 0 Å². The fourth-order valence-electron chi connectivity index (χ4n) is 3.30. The van der Waals surface area contributed by atoms with Crippen molar-refractivity contribution in [1.29, 1.82) is 0 Å². The molecule has 2 aromatic carbocycles. The third-order valence-electron chi connectivity index (χ3n) is 4.83. The van der Waals surface area contributed by atoms with Gasteiger partial charge in [0.25, 0.3) is 0 Å². The molecule has 0 saturated carbocycles. The predicted molar refractivity (Wildman–Crippen MR) is 102 cm³/mol. The maximum atomic E-state index is 12.9. The summed E-state index contributed by atoms with van der Waals surface area (Å²) >= 11 is 0. The molecule has 2 amide bonds. The summed E-state index contributed by atoms with van der Waals surface area (Å²) in [6.45, 7) is 2.12. The maximum Gasteiger partial charge on any atom is 0.242 e. The number of amides is 2. The molecular formula is C22H26N2O2. The van der Waals surface area contributed by atoms with Crippen molar-refractivity contribution in [3.8, 4) is 0 Å². The summed E-state index contributed by atoms with van der Waals surface area (Å²) in [7, 11) is 0. The van der Waals surface area contributed by atoms with E-state index in [1.807, 2.05) is 53.4 Å². The van der Waals surface area contributed by atoms with Crippen LogP contribution in [0.25, 0.3) is 0 Å². The van der Waals surface area contributed by atoms with Crippen LogP contribution >= 0.6 is 0 Å². The lowest BCUT2D eigenvalue weighted by Crippen LogP contribution is -2.45. The molecule has 136 valence electrons. The monoisotopic (exact) mass is 350 g/mol. The molecule has 0 bridgehead atoms. The molecule has 0 aliphatic carbocycles. The van der Waals surface area contributed by atoms with Crippen LogP contribution in [0.2, 0.25) is 0 Å². The first kappa shape index (κ1) is 18.2. The molecule has 1 aliphatic rings. The van der Waals surface area contributed by atoms with Crippen LogP contribution in [0, 0.1) is 0 Å². The zero-order valence-corrected chi connectivity index (χ0v) is 15.1. The second-order valence-electron chi connectivity index (χ2n) is 6.81. The van der Waals surface area contributed by atoms with Crippen LogP contribution in [0.1, 0.15) is 30.4 Å². The van der Waals surface area contributed by atoms with Gasteiger partial charge in [0.2, 0.25) is 11.8 Å². The highest BCUT2D eigenvalue weighted by Crippen LogP contribution is 2.12. The van der Waals surface area contributed by atoms with Gasteiger partial charge in [-0.25, -0.2) is 0 Å². The van der Waals surface area contributed by atoms with Gasteiger partial charge in [-0.15, -0.1) is 0 Å². The predicted octanol–water partition coefficient (Wildman–Crippen LogP) is 3.27. The highest BCUT2D eigenvalue weighted by atomic mass is 16.2. The van der Waals surface area contributed by atoms with E-state index in [1.165, 1.54) is 5.56 Å². The molecule has 0 atom stereocenters. The Morgan fingerprint density at radius 2 is 1.58 bits per heavy atom. The molecule has 26 heavy (non-hydrogen) atoms. The zero-order valence-electron chi connectivity index (χ0n) is 15.1. The van der Waals surface area contributed by atoms with Gasteiger partial charge in [-0.2, -0.15) is 0 Å². The molecule has 4 nitrogen and oxygen atoms in total. The van der Waals surface area contributed by atoms with Gasteiger partial charge in [0, 0.05) is 26.1 Å². The van der Waals surface area contributed by atoms with Gasteiger partial charge < -0.3 is 9.80 Å². The first-order valence-electron chi connectivity index (χ1n) is 9.36. The third kappa shape index (κ3) is 5.19. The van der Waals surface area contributed by atoms with Crippen LogP contribution in [0.3, 0.4) is 0 Å². The molecule has 0 spiro atoms. The van der Waals surface area contributed by atoms with Crippen LogP contribution < -0.4 is 0 Å². The van der Waals surface area contributed by atoms with Gasteiger partial charge in [0.1, 0.15) is 0 Å². The lowest BCUT2D eigenvalue weighted by molar-refractivity contribution is -0.142. The van der Waals surface area contributed by atoms with Gasteiger partial charge >= 0.3 is 0 Å². The van der Waals surface area contributed by atoms with Crippen molar-refractivity contribution in [1.82, 2.24) is 9.80 Å². The number of nitrogens with zero attached hydrogens (tertiary/aromatic N) is 2. The summed E-state index contributed by atoms with van der Waals surface area (Å²) in [5.41, 5.74) is 2.33. The summed E-state index contributed by atoms with van der Waals surface area (Å²) < 4.78 is 0. The number of rotatable bonds is 7. The summed E-state index contributed by atoms with van der Waals surface area (Å²) in [6, 6.07) is 20.2. The van der Waals surface area contributed by atoms with E-state index in [4.69, 9.17) is 0 Å². The molecule has 0 aromatic heterocycles. The lowest BCUT2D eigenvalue weighted by Gasteiger charge is -2.30. The number of likely N-dealkylation sites (tertiary alicyclic amines) is 1. The van der Waals surface area contributed by atoms with Crippen molar-refractivity contribution < 1.29 is 9.59 Å². The first-order valence-corrected chi connectivity index (χ1v) is 9.36. The third-order valence-corrected chi connectivity index (χ3v) is 4.83. The van der Waals surface area contributed by atoms with E-state index in [0.717, 1.165) is 24.8 Å². The van der Waals surface area contributed by atoms with Crippen LogP contribution in [0.15, 0.2) is 60.7 Å². The number of benzene rings is 2. The highest BCUT2D eigenvalue weighted by molar-refractivity contribution is 5.85. The number of hydrogen-bond donors (Lipinski definition) is 0. The van der Waals surface area contributed by atoms with E-state index >= 15 is 0 Å². The van der Waals surface area contributed by atoms with E-state index in [-0.39, 0.29) is 18.4 Å². The van der Waals surface area contributed by atoms with Crippen molar-refractivity contribution in [3.63, 3.8) is 0 Å². The topological polar surface area (TPSA) is 40.6 Å². The SMILES string of the molecule is O=C1CCCCN1CC(=O)N(CCc1ccccc1)Cc1ccccc1. The lowest BCUT2D eigenvalue weighted by atomic mass is 10.1. The van der Waals surface area contributed by atoms with Crippen LogP contribution in [0.5, 0.6) is 0 Å². The minimum Gasteiger partial charge on any atom is -0.337 e. The van der Waals surface area contributed by atoms with Crippen molar-refractivity contribution in [2.24, 2.45) is 0 Å². The summed E-state index contributed by atoms with van der Waals surface area (Å²) in [5, 5.41) is 0. The Bertz CT molecular complexity index is 715. The summed E-state index contributed by atoms with van der Waals surface area (Å²) in [5.74, 6) is 0.132. The molecular weight excluding hydrogens is 324 g/mol. The van der Waals surface area contributed by atoms with E-state index in [0.29, 0.717) is 26.1 Å². The Labute approximate surface area is 155 Å². The molecule has 3 rings (SSSR count). The Kier molecular flexibility index (Phi) is 6.42. The average Bonchev–Trinajstić information content (AvgIpc) is 2.68. The highest BCUT2D eigenvalue weighted by Gasteiger charge is 2.23. The Balaban J connectivity index is 1.66. The van der Waals surface area contributed by atoms with Gasteiger partial charge in [0.05, 0.1) is 6.54 Å². The molecule has 1 saturated heterocycles. The maximum absolute atomic E-state index is 12.9. The van der Waals surface area contributed by atoms with E-state index in [1.54, 1.807) is 4.90 Å². The molecule has 1 aliphatic heterocycles. The van der Waals surface area contributed by atoms with E-state index in [9.17, 15) is 9.59 Å². The molecule has 1 fully saturated rings. The number of carbonyl (C=O) groups is 2. The smallest absolute Gasteiger partial charge is 0.242 e. The van der Waals surface area contributed by atoms with E-state index in [2.05, 4.69) is 12.1 Å². The fraction of sp³-hybridized carbons (Fsp3) is 0.364. The van der Waals surface area contributed by atoms with Crippen molar-refractivity contribution in [2.45, 2.75) is 32.2 Å². The number of piperidine rings is 1. The zero-order chi connectivity index (χ0) is 18.2. The quantitative estimate of drug-likeness (QED) is 0.769. The normalized spacial score (nSPS) is 14.3.